The lowest BCUT2D eigenvalue weighted by molar-refractivity contribution is 0.487. The predicted molar refractivity (Wildman–Crippen MR) is 74.5 cm³/mol. The van der Waals surface area contributed by atoms with E-state index in [1.54, 1.807) is 0 Å². The van der Waals surface area contributed by atoms with Gasteiger partial charge in [0.25, 0.3) is 0 Å². The van der Waals surface area contributed by atoms with E-state index in [0.29, 0.717) is 6.04 Å². The van der Waals surface area contributed by atoms with Crippen LogP contribution in [0, 0.1) is 0 Å². The minimum Gasteiger partial charge on any atom is -0.333 e. The van der Waals surface area contributed by atoms with Gasteiger partial charge in [-0.05, 0) is 19.0 Å². The summed E-state index contributed by atoms with van der Waals surface area (Å²) in [6.45, 7) is 3.11. The molecule has 96 valence electrons. The van der Waals surface area contributed by atoms with Crippen LogP contribution in [0.5, 0.6) is 0 Å². The molecule has 1 aromatic carbocycles. The van der Waals surface area contributed by atoms with Gasteiger partial charge in [0.15, 0.2) is 0 Å². The van der Waals surface area contributed by atoms with Gasteiger partial charge in [-0.3, -0.25) is 0 Å². The van der Waals surface area contributed by atoms with Crippen LogP contribution in [-0.2, 0) is 13.0 Å². The maximum Gasteiger partial charge on any atom is 0.108 e. The van der Waals surface area contributed by atoms with E-state index in [1.807, 2.05) is 13.2 Å². The number of nitrogens with one attached hydrogen (secondary N) is 1. The summed E-state index contributed by atoms with van der Waals surface area (Å²) in [4.78, 5) is 4.42. The largest absolute Gasteiger partial charge is 0.333 e. The molecule has 3 nitrogen and oxygen atoms in total. The quantitative estimate of drug-likeness (QED) is 0.845. The summed E-state index contributed by atoms with van der Waals surface area (Å²) in [7, 11) is 2.01. The number of aryl methyl sites for hydroxylation is 1. The smallest absolute Gasteiger partial charge is 0.108 e. The molecule has 0 spiro atoms. The van der Waals surface area contributed by atoms with Crippen molar-refractivity contribution in [1.29, 1.82) is 0 Å². The monoisotopic (exact) mass is 243 g/mol. The molecule has 0 aliphatic rings. The van der Waals surface area contributed by atoms with Gasteiger partial charge in [0.1, 0.15) is 5.82 Å². The average Bonchev–Trinajstić information content (AvgIpc) is 2.85. The van der Waals surface area contributed by atoms with Crippen LogP contribution in [0.25, 0.3) is 0 Å². The third-order valence-electron chi connectivity index (χ3n) is 3.20. The highest BCUT2D eigenvalue weighted by Gasteiger charge is 2.11. The number of rotatable bonds is 6. The zero-order valence-electron chi connectivity index (χ0n) is 11.1. The average molecular weight is 243 g/mol. The second-order valence-corrected chi connectivity index (χ2v) is 4.50. The van der Waals surface area contributed by atoms with Gasteiger partial charge in [-0.15, -0.1) is 0 Å². The van der Waals surface area contributed by atoms with E-state index >= 15 is 0 Å². The van der Waals surface area contributed by atoms with Gasteiger partial charge in [-0.1, -0.05) is 37.3 Å². The van der Waals surface area contributed by atoms with Crippen LogP contribution >= 0.6 is 0 Å². The van der Waals surface area contributed by atoms with Crippen LogP contribution in [0.1, 0.15) is 30.8 Å². The maximum atomic E-state index is 4.42. The molecule has 0 saturated carbocycles. The zero-order chi connectivity index (χ0) is 12.8. The Kier molecular flexibility index (Phi) is 4.53. The van der Waals surface area contributed by atoms with Crippen LogP contribution in [-0.4, -0.2) is 16.6 Å². The number of nitrogens with zero attached hydrogens (tertiary/aromatic N) is 2. The Morgan fingerprint density at radius 3 is 2.72 bits per heavy atom. The summed E-state index contributed by atoms with van der Waals surface area (Å²) in [6, 6.07) is 10.9. The van der Waals surface area contributed by atoms with E-state index in [9.17, 15) is 0 Å². The van der Waals surface area contributed by atoms with Crippen molar-refractivity contribution >= 4 is 0 Å². The molecule has 0 radical (unpaired) electrons. The van der Waals surface area contributed by atoms with Gasteiger partial charge in [0, 0.05) is 31.4 Å². The topological polar surface area (TPSA) is 29.9 Å². The molecular formula is C15H21N3. The maximum absolute atomic E-state index is 4.42. The van der Waals surface area contributed by atoms with Gasteiger partial charge < -0.3 is 9.88 Å². The van der Waals surface area contributed by atoms with Crippen molar-refractivity contribution in [2.45, 2.75) is 32.4 Å². The summed E-state index contributed by atoms with van der Waals surface area (Å²) < 4.78 is 2.25. The third-order valence-corrected chi connectivity index (χ3v) is 3.20. The Morgan fingerprint density at radius 1 is 1.28 bits per heavy atom. The normalized spacial score (nSPS) is 12.6. The Morgan fingerprint density at radius 2 is 2.06 bits per heavy atom. The fraction of sp³-hybridized carbons (Fsp3) is 0.400. The minimum atomic E-state index is 0.330. The van der Waals surface area contributed by atoms with Crippen LogP contribution in [0.2, 0.25) is 0 Å². The molecule has 1 heterocycles. The summed E-state index contributed by atoms with van der Waals surface area (Å²) in [5.74, 6) is 1.17. The summed E-state index contributed by atoms with van der Waals surface area (Å²) in [6.07, 6.45) is 6.13. The molecule has 18 heavy (non-hydrogen) atoms. The lowest BCUT2D eigenvalue weighted by atomic mass is 10.1. The molecule has 2 rings (SSSR count). The SMILES string of the molecule is CCCc1nccn1CC(NC)c1ccccc1. The lowest BCUT2D eigenvalue weighted by Gasteiger charge is -2.18. The molecule has 1 aromatic heterocycles. The van der Waals surface area contributed by atoms with Crippen molar-refractivity contribution < 1.29 is 0 Å². The van der Waals surface area contributed by atoms with Crippen molar-refractivity contribution in [2.24, 2.45) is 0 Å². The third kappa shape index (κ3) is 2.99. The number of benzene rings is 1. The van der Waals surface area contributed by atoms with E-state index in [1.165, 1.54) is 11.4 Å². The van der Waals surface area contributed by atoms with E-state index in [0.717, 1.165) is 19.4 Å². The van der Waals surface area contributed by atoms with Crippen LogP contribution in [0.15, 0.2) is 42.7 Å². The lowest BCUT2D eigenvalue weighted by Crippen LogP contribution is -2.22. The Balaban J connectivity index is 2.13. The highest BCUT2D eigenvalue weighted by molar-refractivity contribution is 5.18. The number of imidazole rings is 1. The first-order chi connectivity index (χ1) is 8.85. The number of hydrogen-bond donors (Lipinski definition) is 1. The van der Waals surface area contributed by atoms with Crippen LogP contribution in [0.3, 0.4) is 0 Å². The number of likely N-dealkylation sites (N-methyl/N-ethyl adjacent to an activating group) is 1. The van der Waals surface area contributed by atoms with E-state index in [2.05, 4.69) is 58.3 Å². The van der Waals surface area contributed by atoms with Gasteiger partial charge in [-0.2, -0.15) is 0 Å². The van der Waals surface area contributed by atoms with Gasteiger partial charge in [-0.25, -0.2) is 4.98 Å². The first-order valence-corrected chi connectivity index (χ1v) is 6.57. The second kappa shape index (κ2) is 6.36. The fourth-order valence-electron chi connectivity index (χ4n) is 2.20. The van der Waals surface area contributed by atoms with E-state index in [4.69, 9.17) is 0 Å². The van der Waals surface area contributed by atoms with Crippen molar-refractivity contribution in [2.75, 3.05) is 7.05 Å². The molecule has 1 N–H and O–H groups in total. The predicted octanol–water partition coefficient (Wildman–Crippen LogP) is 2.80. The zero-order valence-corrected chi connectivity index (χ0v) is 11.1. The molecule has 0 fully saturated rings. The molecule has 0 saturated heterocycles. The van der Waals surface area contributed by atoms with Crippen LogP contribution < -0.4 is 5.32 Å². The highest BCUT2D eigenvalue weighted by atomic mass is 15.1. The van der Waals surface area contributed by atoms with Crippen molar-refractivity contribution in [3.63, 3.8) is 0 Å². The summed E-state index contributed by atoms with van der Waals surface area (Å²) in [5.41, 5.74) is 1.32. The minimum absolute atomic E-state index is 0.330. The van der Waals surface area contributed by atoms with E-state index in [-0.39, 0.29) is 0 Å². The standard InChI is InChI=1S/C15H21N3/c1-3-7-15-17-10-11-18(15)12-14(16-2)13-8-5-4-6-9-13/h4-6,8-11,14,16H,3,7,12H2,1-2H3. The molecule has 0 aliphatic heterocycles. The van der Waals surface area contributed by atoms with Gasteiger partial charge in [0.05, 0.1) is 0 Å². The molecule has 3 heteroatoms. The molecule has 1 unspecified atom stereocenters. The Hall–Kier alpha value is -1.61. The molecule has 2 aromatic rings. The number of hydrogen-bond acceptors (Lipinski definition) is 2. The van der Waals surface area contributed by atoms with Gasteiger partial charge >= 0.3 is 0 Å². The highest BCUT2D eigenvalue weighted by Crippen LogP contribution is 2.15. The molecule has 0 amide bonds. The Labute approximate surface area is 109 Å². The number of aromatic nitrogens is 2. The molecular weight excluding hydrogens is 222 g/mol. The first kappa shape index (κ1) is 12.8. The molecule has 0 bridgehead atoms. The van der Waals surface area contributed by atoms with Crippen LogP contribution in [0.4, 0.5) is 0 Å². The van der Waals surface area contributed by atoms with Crippen molar-refractivity contribution in [3.05, 3.63) is 54.1 Å². The van der Waals surface area contributed by atoms with Crippen molar-refractivity contribution in [3.8, 4) is 0 Å². The van der Waals surface area contributed by atoms with E-state index < -0.39 is 0 Å². The fourth-order valence-corrected chi connectivity index (χ4v) is 2.20. The molecule has 0 aliphatic carbocycles. The second-order valence-electron chi connectivity index (χ2n) is 4.50. The first-order valence-electron chi connectivity index (χ1n) is 6.57. The van der Waals surface area contributed by atoms with Crippen molar-refractivity contribution in [1.82, 2.24) is 14.9 Å². The summed E-state index contributed by atoms with van der Waals surface area (Å²) in [5, 5.41) is 3.38. The summed E-state index contributed by atoms with van der Waals surface area (Å²) >= 11 is 0. The van der Waals surface area contributed by atoms with Gasteiger partial charge in [0.2, 0.25) is 0 Å². The molecule has 1 atom stereocenters. The Bertz CT molecular complexity index is 462.